The van der Waals surface area contributed by atoms with Gasteiger partial charge in [-0.05, 0) is 48.5 Å². The number of rotatable bonds is 0. The molecule has 0 saturated heterocycles. The fourth-order valence-corrected chi connectivity index (χ4v) is 1.11. The Labute approximate surface area is 145 Å². The van der Waals surface area contributed by atoms with Gasteiger partial charge in [0.05, 0.1) is 0 Å². The van der Waals surface area contributed by atoms with Crippen LogP contribution >= 0.6 is 27.0 Å². The molecule has 4 heterocycles. The van der Waals surface area contributed by atoms with Gasteiger partial charge in [-0.2, -0.15) is 27.0 Å². The minimum atomic E-state index is 0. The molecule has 6 heteroatoms. The quantitative estimate of drug-likeness (QED) is 0.370. The first-order valence-corrected chi connectivity index (χ1v) is 6.31. The average molecular weight is 337 g/mol. The monoisotopic (exact) mass is 336 g/mol. The van der Waals surface area contributed by atoms with E-state index in [0.29, 0.717) is 0 Å². The SMILES string of the molecule is S.S.c1cc[nH]c1.c1cc[nH]c1.c1cc[nH]c1.c1cc[nH]c1. The maximum absolute atomic E-state index is 2.86. The zero-order valence-corrected chi connectivity index (χ0v) is 14.2. The molecule has 4 aromatic rings. The van der Waals surface area contributed by atoms with Crippen molar-refractivity contribution in [1.29, 1.82) is 0 Å². The topological polar surface area (TPSA) is 63.2 Å². The van der Waals surface area contributed by atoms with E-state index in [2.05, 4.69) is 19.9 Å². The molecule has 0 amide bonds. The summed E-state index contributed by atoms with van der Waals surface area (Å²) in [4.78, 5) is 11.4. The molecule has 4 aromatic heterocycles. The van der Waals surface area contributed by atoms with Crippen LogP contribution in [0.25, 0.3) is 0 Å². The summed E-state index contributed by atoms with van der Waals surface area (Å²) in [6.45, 7) is 0. The Morgan fingerprint density at radius 1 is 0.273 bits per heavy atom. The van der Waals surface area contributed by atoms with Crippen molar-refractivity contribution in [2.45, 2.75) is 0 Å². The summed E-state index contributed by atoms with van der Waals surface area (Å²) in [7, 11) is 0. The molecule has 4 N–H and O–H groups in total. The van der Waals surface area contributed by atoms with Crippen molar-refractivity contribution in [3.63, 3.8) is 0 Å². The molecule has 0 aromatic carbocycles. The fraction of sp³-hybridized carbons (Fsp3) is 0. The zero-order valence-electron chi connectivity index (χ0n) is 12.2. The summed E-state index contributed by atoms with van der Waals surface area (Å²) in [5.41, 5.74) is 0. The van der Waals surface area contributed by atoms with E-state index in [1.54, 1.807) is 0 Å². The lowest BCUT2D eigenvalue weighted by Gasteiger charge is -1.49. The first kappa shape index (κ1) is 22.1. The molecule has 0 fully saturated rings. The van der Waals surface area contributed by atoms with Crippen LogP contribution in [0.3, 0.4) is 0 Å². The number of hydrogen-bond donors (Lipinski definition) is 4. The van der Waals surface area contributed by atoms with Gasteiger partial charge in [0.25, 0.3) is 0 Å². The van der Waals surface area contributed by atoms with Gasteiger partial charge in [-0.3, -0.25) is 0 Å². The maximum Gasteiger partial charge on any atom is 0.000496 e. The number of hydrogen-bond acceptors (Lipinski definition) is 0. The Hall–Kier alpha value is -2.18. The Bertz CT molecular complexity index is 355. The van der Waals surface area contributed by atoms with Gasteiger partial charge >= 0.3 is 0 Å². The van der Waals surface area contributed by atoms with Crippen LogP contribution in [0.1, 0.15) is 0 Å². The molecule has 0 unspecified atom stereocenters. The smallest absolute Gasteiger partial charge is 0.000496 e. The van der Waals surface area contributed by atoms with Gasteiger partial charge in [-0.15, -0.1) is 0 Å². The lowest BCUT2D eigenvalue weighted by molar-refractivity contribution is 1.41. The van der Waals surface area contributed by atoms with Gasteiger partial charge in [0, 0.05) is 49.6 Å². The Morgan fingerprint density at radius 2 is 0.409 bits per heavy atom. The first-order valence-electron chi connectivity index (χ1n) is 6.31. The molecule has 0 radical (unpaired) electrons. The van der Waals surface area contributed by atoms with E-state index in [-0.39, 0.29) is 27.0 Å². The molecule has 0 aliphatic heterocycles. The molecule has 0 bridgehead atoms. The van der Waals surface area contributed by atoms with E-state index >= 15 is 0 Å². The van der Waals surface area contributed by atoms with Crippen molar-refractivity contribution in [2.24, 2.45) is 0 Å². The van der Waals surface area contributed by atoms with Crippen LogP contribution in [0, 0.1) is 0 Å². The number of H-pyrrole nitrogens is 4. The average Bonchev–Trinajstić information content (AvgIpc) is 3.40. The molecular weight excluding hydrogens is 312 g/mol. The Balaban J connectivity index is 0. The Kier molecular flexibility index (Phi) is 18.9. The van der Waals surface area contributed by atoms with Gasteiger partial charge in [0.2, 0.25) is 0 Å². The van der Waals surface area contributed by atoms with Crippen LogP contribution in [0.5, 0.6) is 0 Å². The molecule has 120 valence electrons. The van der Waals surface area contributed by atoms with Crippen LogP contribution < -0.4 is 0 Å². The van der Waals surface area contributed by atoms with Gasteiger partial charge < -0.3 is 19.9 Å². The van der Waals surface area contributed by atoms with Crippen LogP contribution in [-0.2, 0) is 0 Å². The summed E-state index contributed by atoms with van der Waals surface area (Å²) < 4.78 is 0. The first-order chi connectivity index (χ1) is 10.0. The van der Waals surface area contributed by atoms with E-state index in [1.165, 1.54) is 0 Å². The second-order valence-corrected chi connectivity index (χ2v) is 3.54. The summed E-state index contributed by atoms with van der Waals surface area (Å²) in [6, 6.07) is 15.6. The van der Waals surface area contributed by atoms with Crippen LogP contribution in [0.15, 0.2) is 98.1 Å². The summed E-state index contributed by atoms with van der Waals surface area (Å²) >= 11 is 0. The van der Waals surface area contributed by atoms with Crippen LogP contribution in [0.4, 0.5) is 0 Å². The molecule has 4 nitrogen and oxygen atoms in total. The Morgan fingerprint density at radius 3 is 0.455 bits per heavy atom. The minimum absolute atomic E-state index is 0. The van der Waals surface area contributed by atoms with Gasteiger partial charge in [-0.25, -0.2) is 0 Å². The van der Waals surface area contributed by atoms with Crippen LogP contribution in [-0.4, -0.2) is 19.9 Å². The van der Waals surface area contributed by atoms with Crippen molar-refractivity contribution in [3.05, 3.63) is 98.1 Å². The molecular formula is C16H24N4S2. The third-order valence-corrected chi connectivity index (χ3v) is 1.98. The standard InChI is InChI=1S/4C4H5N.2H2S/c4*1-2-4-5-3-1;;/h4*1-5H;2*1H2. The summed E-state index contributed by atoms with van der Waals surface area (Å²) in [5, 5.41) is 0. The highest BCUT2D eigenvalue weighted by Gasteiger charge is 1.57. The molecule has 0 aliphatic rings. The highest BCUT2D eigenvalue weighted by atomic mass is 32.1. The van der Waals surface area contributed by atoms with E-state index in [4.69, 9.17) is 0 Å². The second-order valence-electron chi connectivity index (χ2n) is 3.54. The van der Waals surface area contributed by atoms with Crippen molar-refractivity contribution < 1.29 is 0 Å². The normalized spacial score (nSPS) is 7.27. The lowest BCUT2D eigenvalue weighted by Crippen LogP contribution is -1.38. The van der Waals surface area contributed by atoms with Gasteiger partial charge in [0.15, 0.2) is 0 Å². The summed E-state index contributed by atoms with van der Waals surface area (Å²) in [6.07, 6.45) is 15.0. The van der Waals surface area contributed by atoms with E-state index in [1.807, 2.05) is 98.1 Å². The fourth-order valence-electron chi connectivity index (χ4n) is 1.11. The molecule has 0 aliphatic carbocycles. The van der Waals surface area contributed by atoms with Gasteiger partial charge in [-0.1, -0.05) is 0 Å². The predicted octanol–water partition coefficient (Wildman–Crippen LogP) is 4.28. The highest BCUT2D eigenvalue weighted by Crippen LogP contribution is 1.73. The molecule has 0 atom stereocenters. The molecule has 0 saturated carbocycles. The van der Waals surface area contributed by atoms with E-state index < -0.39 is 0 Å². The minimum Gasteiger partial charge on any atom is -0.368 e. The highest BCUT2D eigenvalue weighted by molar-refractivity contribution is 7.59. The largest absolute Gasteiger partial charge is 0.368 e. The number of aromatic amines is 4. The maximum atomic E-state index is 2.86. The predicted molar refractivity (Wildman–Crippen MR) is 104 cm³/mol. The third-order valence-electron chi connectivity index (χ3n) is 1.98. The molecule has 22 heavy (non-hydrogen) atoms. The number of nitrogens with one attached hydrogen (secondary N) is 4. The van der Waals surface area contributed by atoms with Crippen molar-refractivity contribution in [2.75, 3.05) is 0 Å². The third kappa shape index (κ3) is 15.9. The van der Waals surface area contributed by atoms with Crippen molar-refractivity contribution in [1.82, 2.24) is 19.9 Å². The van der Waals surface area contributed by atoms with Gasteiger partial charge in [0.1, 0.15) is 0 Å². The van der Waals surface area contributed by atoms with E-state index in [0.717, 1.165) is 0 Å². The van der Waals surface area contributed by atoms with Crippen molar-refractivity contribution >= 4 is 27.0 Å². The molecule has 0 spiro atoms. The van der Waals surface area contributed by atoms with Crippen LogP contribution in [0.2, 0.25) is 0 Å². The van der Waals surface area contributed by atoms with E-state index in [9.17, 15) is 0 Å². The zero-order chi connectivity index (χ0) is 14.1. The molecule has 4 rings (SSSR count). The second kappa shape index (κ2) is 18.8. The summed E-state index contributed by atoms with van der Waals surface area (Å²) in [5.74, 6) is 0. The van der Waals surface area contributed by atoms with Crippen molar-refractivity contribution in [3.8, 4) is 0 Å². The lowest BCUT2D eigenvalue weighted by atomic mass is 10.7. The number of aromatic nitrogens is 4.